The molecule has 0 aliphatic carbocycles. The van der Waals surface area contributed by atoms with Crippen molar-refractivity contribution in [1.29, 1.82) is 0 Å². The van der Waals surface area contributed by atoms with E-state index in [1.54, 1.807) is 13.2 Å². The molecule has 0 aliphatic rings. The van der Waals surface area contributed by atoms with E-state index in [1.807, 2.05) is 66.7 Å². The number of esters is 1. The molecule has 1 aromatic heterocycles. The Bertz CT molecular complexity index is 1340. The van der Waals surface area contributed by atoms with Crippen molar-refractivity contribution in [1.82, 2.24) is 9.97 Å². The summed E-state index contributed by atoms with van der Waals surface area (Å²) in [5, 5.41) is 6.40. The highest BCUT2D eigenvalue weighted by molar-refractivity contribution is 6.06. The Balaban J connectivity index is 1.44. The summed E-state index contributed by atoms with van der Waals surface area (Å²) < 4.78 is 4.72. The Hall–Kier alpha value is -4.30. The van der Waals surface area contributed by atoms with E-state index in [0.717, 1.165) is 16.3 Å². The van der Waals surface area contributed by atoms with Gasteiger partial charge in [0.25, 0.3) is 5.91 Å². The highest BCUT2D eigenvalue weighted by Crippen LogP contribution is 2.19. The molecule has 0 saturated heterocycles. The molecule has 0 unspecified atom stereocenters. The fourth-order valence-corrected chi connectivity index (χ4v) is 3.60. The Kier molecular flexibility index (Phi) is 6.79. The molecular weight excluding hydrogens is 430 g/mol. The van der Waals surface area contributed by atoms with Crippen LogP contribution in [0.25, 0.3) is 10.8 Å². The fourth-order valence-electron chi connectivity index (χ4n) is 3.60. The van der Waals surface area contributed by atoms with E-state index in [9.17, 15) is 9.59 Å². The van der Waals surface area contributed by atoms with Crippen LogP contribution in [0.2, 0.25) is 0 Å². The molecule has 0 saturated carbocycles. The van der Waals surface area contributed by atoms with Gasteiger partial charge in [-0.25, -0.2) is 15.8 Å². The maximum atomic E-state index is 12.7. The summed E-state index contributed by atoms with van der Waals surface area (Å²) in [7, 11) is 2.98. The van der Waals surface area contributed by atoms with Crippen LogP contribution in [0.15, 0.2) is 72.9 Å². The minimum absolute atomic E-state index is 0.0409. The number of anilines is 2. The lowest BCUT2D eigenvalue weighted by atomic mass is 10.1. The van der Waals surface area contributed by atoms with Gasteiger partial charge in [0.15, 0.2) is 0 Å². The zero-order valence-corrected chi connectivity index (χ0v) is 19.0. The van der Waals surface area contributed by atoms with Crippen LogP contribution in [0.4, 0.5) is 11.5 Å². The smallest absolute Gasteiger partial charge is 0.310 e. The third kappa shape index (κ3) is 5.36. The maximum Gasteiger partial charge on any atom is 0.310 e. The van der Waals surface area contributed by atoms with E-state index in [4.69, 9.17) is 10.6 Å². The molecule has 0 fully saturated rings. The first-order valence-corrected chi connectivity index (χ1v) is 10.7. The second-order valence-electron chi connectivity index (χ2n) is 7.89. The molecule has 172 valence electrons. The topological polar surface area (TPSA) is 110 Å². The lowest BCUT2D eigenvalue weighted by molar-refractivity contribution is -0.139. The van der Waals surface area contributed by atoms with Crippen molar-refractivity contribution in [3.05, 3.63) is 95.4 Å². The highest BCUT2D eigenvalue weighted by Gasteiger charge is 2.14. The zero-order valence-electron chi connectivity index (χ0n) is 19.0. The largest absolute Gasteiger partial charge is 0.469 e. The van der Waals surface area contributed by atoms with Gasteiger partial charge in [0.05, 0.1) is 13.5 Å². The molecule has 0 aliphatic heterocycles. The summed E-state index contributed by atoms with van der Waals surface area (Å²) in [6.45, 7) is 0. The second-order valence-corrected chi connectivity index (χ2v) is 7.89. The predicted molar refractivity (Wildman–Crippen MR) is 131 cm³/mol. The second kappa shape index (κ2) is 10.1. The van der Waals surface area contributed by atoms with Crippen LogP contribution in [0, 0.1) is 0 Å². The third-order valence-corrected chi connectivity index (χ3v) is 5.37. The molecule has 0 atom stereocenters. The van der Waals surface area contributed by atoms with E-state index in [-0.39, 0.29) is 18.3 Å². The van der Waals surface area contributed by atoms with Gasteiger partial charge in [-0.15, -0.1) is 0 Å². The number of hydrogen-bond donors (Lipinski definition) is 2. The number of ether oxygens (including phenoxy) is 1. The molecule has 34 heavy (non-hydrogen) atoms. The number of aromatic nitrogens is 2. The maximum absolute atomic E-state index is 12.7. The van der Waals surface area contributed by atoms with Gasteiger partial charge in [-0.2, -0.15) is 0 Å². The van der Waals surface area contributed by atoms with Gasteiger partial charge in [-0.3, -0.25) is 14.6 Å². The first kappa shape index (κ1) is 22.9. The summed E-state index contributed by atoms with van der Waals surface area (Å²) in [4.78, 5) is 33.2. The van der Waals surface area contributed by atoms with Crippen LogP contribution in [-0.2, 0) is 22.4 Å². The molecule has 4 rings (SSSR count). The first-order valence-electron chi connectivity index (χ1n) is 10.7. The molecule has 8 heteroatoms. The number of nitrogens with one attached hydrogen (secondary N) is 1. The van der Waals surface area contributed by atoms with E-state index >= 15 is 0 Å². The molecule has 1 amide bonds. The SMILES string of the molecule is COC(=O)Cc1cnc(Cc2ccc(NC(=O)c3ccc4ccccc4c3)cc2)nc1N(C)N. The Morgan fingerprint density at radius 3 is 2.47 bits per heavy atom. The van der Waals surface area contributed by atoms with Gasteiger partial charge in [0.2, 0.25) is 0 Å². The summed E-state index contributed by atoms with van der Waals surface area (Å²) >= 11 is 0. The summed E-state index contributed by atoms with van der Waals surface area (Å²) in [6, 6.07) is 21.1. The van der Waals surface area contributed by atoms with Crippen LogP contribution >= 0.6 is 0 Å². The lowest BCUT2D eigenvalue weighted by Crippen LogP contribution is -2.28. The number of fused-ring (bicyclic) bond motifs is 1. The number of nitrogens with two attached hydrogens (primary N) is 1. The molecule has 4 aromatic rings. The van der Waals surface area contributed by atoms with Crippen molar-refractivity contribution in [2.75, 3.05) is 24.5 Å². The minimum atomic E-state index is -0.388. The van der Waals surface area contributed by atoms with Crippen molar-refractivity contribution in [2.24, 2.45) is 5.84 Å². The van der Waals surface area contributed by atoms with Gasteiger partial charge in [-0.05, 0) is 40.6 Å². The molecule has 0 bridgehead atoms. The Labute approximate surface area is 197 Å². The number of carbonyl (C=O) groups excluding carboxylic acids is 2. The van der Waals surface area contributed by atoms with Crippen LogP contribution in [0.1, 0.15) is 27.3 Å². The number of amides is 1. The van der Waals surface area contributed by atoms with E-state index in [1.165, 1.54) is 12.1 Å². The lowest BCUT2D eigenvalue weighted by Gasteiger charge is -2.16. The highest BCUT2D eigenvalue weighted by atomic mass is 16.5. The number of benzene rings is 3. The van der Waals surface area contributed by atoms with E-state index in [2.05, 4.69) is 15.3 Å². The quantitative estimate of drug-likeness (QED) is 0.249. The van der Waals surface area contributed by atoms with Crippen LogP contribution in [0.3, 0.4) is 0 Å². The first-order chi connectivity index (χ1) is 16.4. The summed E-state index contributed by atoms with van der Waals surface area (Å²) in [5.41, 5.74) is 2.85. The van der Waals surface area contributed by atoms with Crippen LogP contribution in [0.5, 0.6) is 0 Å². The van der Waals surface area contributed by atoms with Gasteiger partial charge < -0.3 is 10.1 Å². The van der Waals surface area contributed by atoms with Gasteiger partial charge in [0.1, 0.15) is 11.6 Å². The van der Waals surface area contributed by atoms with Crippen LogP contribution in [-0.4, -0.2) is 36.0 Å². The van der Waals surface area contributed by atoms with E-state index < -0.39 is 0 Å². The Morgan fingerprint density at radius 2 is 1.76 bits per heavy atom. The van der Waals surface area contributed by atoms with Crippen LogP contribution < -0.4 is 16.2 Å². The van der Waals surface area contributed by atoms with Crippen molar-refractivity contribution in [2.45, 2.75) is 12.8 Å². The number of nitrogens with zero attached hydrogens (tertiary/aromatic N) is 3. The molecule has 3 aromatic carbocycles. The average molecular weight is 456 g/mol. The summed E-state index contributed by atoms with van der Waals surface area (Å²) in [6.07, 6.45) is 2.10. The number of hydrogen-bond acceptors (Lipinski definition) is 7. The predicted octanol–water partition coefficient (Wildman–Crippen LogP) is 3.50. The Morgan fingerprint density at radius 1 is 1.03 bits per heavy atom. The zero-order chi connectivity index (χ0) is 24.1. The molecule has 3 N–H and O–H groups in total. The molecule has 8 nitrogen and oxygen atoms in total. The molecule has 1 heterocycles. The number of hydrazine groups is 1. The molecule has 0 spiro atoms. The number of carbonyl (C=O) groups is 2. The van der Waals surface area contributed by atoms with Crippen molar-refractivity contribution in [3.63, 3.8) is 0 Å². The average Bonchev–Trinajstić information content (AvgIpc) is 2.85. The number of rotatable bonds is 7. The molecular formula is C26H25N5O3. The van der Waals surface area contributed by atoms with Gasteiger partial charge in [0, 0.05) is 36.5 Å². The van der Waals surface area contributed by atoms with Crippen molar-refractivity contribution < 1.29 is 14.3 Å². The monoisotopic (exact) mass is 455 g/mol. The normalized spacial score (nSPS) is 10.7. The van der Waals surface area contributed by atoms with Crippen molar-refractivity contribution in [3.8, 4) is 0 Å². The van der Waals surface area contributed by atoms with Gasteiger partial charge >= 0.3 is 5.97 Å². The standard InChI is InChI=1S/C26H25N5O3/c1-31(27)25-21(15-24(32)34-2)16-28-23(30-25)13-17-7-11-22(12-8-17)29-26(33)20-10-9-18-5-3-4-6-19(18)14-20/h3-12,14,16H,13,15,27H2,1-2H3,(H,29,33). The minimum Gasteiger partial charge on any atom is -0.469 e. The van der Waals surface area contributed by atoms with Gasteiger partial charge in [-0.1, -0.05) is 42.5 Å². The third-order valence-electron chi connectivity index (χ3n) is 5.37. The number of methoxy groups -OCH3 is 1. The van der Waals surface area contributed by atoms with E-state index in [0.29, 0.717) is 34.9 Å². The fraction of sp³-hybridized carbons (Fsp3) is 0.154. The molecule has 0 radical (unpaired) electrons. The summed E-state index contributed by atoms with van der Waals surface area (Å²) in [5.74, 6) is 6.36. The van der Waals surface area contributed by atoms with Crippen molar-refractivity contribution >= 4 is 34.2 Å².